The van der Waals surface area contributed by atoms with Crippen molar-refractivity contribution in [3.8, 4) is 23.0 Å². The van der Waals surface area contributed by atoms with Crippen LogP contribution in [0, 0.1) is 0 Å². The molecule has 0 aliphatic carbocycles. The standard InChI is InChI=1S/C18H16F2N2O3/c19-18(20)25-15-7-6-13(17-22-14(9-21)11-24-17)8-16(15)23-10-12-4-2-1-3-5-12/h1-8,11,18H,9-10,21H2. The molecule has 0 radical (unpaired) electrons. The number of halogens is 2. The van der Waals surface area contributed by atoms with E-state index in [1.54, 1.807) is 12.1 Å². The lowest BCUT2D eigenvalue weighted by atomic mass is 10.2. The van der Waals surface area contributed by atoms with Gasteiger partial charge in [-0.2, -0.15) is 8.78 Å². The Morgan fingerprint density at radius 3 is 2.56 bits per heavy atom. The summed E-state index contributed by atoms with van der Waals surface area (Å²) in [7, 11) is 0. The number of oxazole rings is 1. The molecule has 3 aromatic rings. The first-order chi connectivity index (χ1) is 12.2. The number of aromatic nitrogens is 1. The van der Waals surface area contributed by atoms with Crippen molar-refractivity contribution in [3.63, 3.8) is 0 Å². The number of ether oxygens (including phenoxy) is 2. The van der Waals surface area contributed by atoms with Crippen LogP contribution in [-0.4, -0.2) is 11.6 Å². The van der Waals surface area contributed by atoms with Gasteiger partial charge in [-0.1, -0.05) is 30.3 Å². The summed E-state index contributed by atoms with van der Waals surface area (Å²) in [6.45, 7) is -2.49. The average molecular weight is 346 g/mol. The van der Waals surface area contributed by atoms with Crippen LogP contribution in [0.2, 0.25) is 0 Å². The maximum absolute atomic E-state index is 12.6. The number of benzene rings is 2. The molecule has 25 heavy (non-hydrogen) atoms. The first-order valence-electron chi connectivity index (χ1n) is 7.56. The average Bonchev–Trinajstić information content (AvgIpc) is 3.10. The van der Waals surface area contributed by atoms with Crippen molar-refractivity contribution < 1.29 is 22.7 Å². The maximum Gasteiger partial charge on any atom is 0.387 e. The molecule has 0 unspecified atom stereocenters. The highest BCUT2D eigenvalue weighted by Crippen LogP contribution is 2.34. The van der Waals surface area contributed by atoms with Crippen LogP contribution in [0.25, 0.3) is 11.5 Å². The van der Waals surface area contributed by atoms with Crippen LogP contribution < -0.4 is 15.2 Å². The summed E-state index contributed by atoms with van der Waals surface area (Å²) in [5, 5.41) is 0. The quantitative estimate of drug-likeness (QED) is 0.701. The summed E-state index contributed by atoms with van der Waals surface area (Å²) < 4.78 is 40.8. The van der Waals surface area contributed by atoms with Crippen molar-refractivity contribution in [3.05, 3.63) is 66.1 Å². The van der Waals surface area contributed by atoms with E-state index in [4.69, 9.17) is 14.9 Å². The van der Waals surface area contributed by atoms with E-state index < -0.39 is 6.61 Å². The van der Waals surface area contributed by atoms with Crippen molar-refractivity contribution in [2.75, 3.05) is 0 Å². The predicted octanol–water partition coefficient (Wildman–Crippen LogP) is 3.98. The smallest absolute Gasteiger partial charge is 0.387 e. The van der Waals surface area contributed by atoms with Gasteiger partial charge in [0.15, 0.2) is 11.5 Å². The van der Waals surface area contributed by atoms with E-state index in [0.717, 1.165) is 5.56 Å². The Morgan fingerprint density at radius 2 is 1.88 bits per heavy atom. The number of hydrogen-bond acceptors (Lipinski definition) is 5. The van der Waals surface area contributed by atoms with Crippen LogP contribution in [0.4, 0.5) is 8.78 Å². The SMILES string of the molecule is NCc1coc(-c2ccc(OC(F)F)c(OCc3ccccc3)c2)n1. The summed E-state index contributed by atoms with van der Waals surface area (Å²) in [5.74, 6) is 0.447. The minimum Gasteiger partial charge on any atom is -0.485 e. The van der Waals surface area contributed by atoms with Gasteiger partial charge in [0.2, 0.25) is 5.89 Å². The van der Waals surface area contributed by atoms with E-state index in [1.165, 1.54) is 12.3 Å². The zero-order chi connectivity index (χ0) is 17.6. The van der Waals surface area contributed by atoms with E-state index in [-0.39, 0.29) is 24.7 Å². The Balaban J connectivity index is 1.87. The van der Waals surface area contributed by atoms with Crippen LogP contribution >= 0.6 is 0 Å². The molecule has 2 N–H and O–H groups in total. The van der Waals surface area contributed by atoms with Crippen LogP contribution in [0.5, 0.6) is 11.5 Å². The first kappa shape index (κ1) is 16.9. The Morgan fingerprint density at radius 1 is 1.08 bits per heavy atom. The number of rotatable bonds is 7. The molecule has 7 heteroatoms. The molecule has 0 saturated carbocycles. The fraction of sp³-hybridized carbons (Fsp3) is 0.167. The fourth-order valence-corrected chi connectivity index (χ4v) is 2.22. The molecule has 1 heterocycles. The zero-order valence-corrected chi connectivity index (χ0v) is 13.2. The summed E-state index contributed by atoms with van der Waals surface area (Å²) in [4.78, 5) is 4.21. The second-order valence-corrected chi connectivity index (χ2v) is 5.16. The highest BCUT2D eigenvalue weighted by atomic mass is 19.3. The monoisotopic (exact) mass is 346 g/mol. The summed E-state index contributed by atoms with van der Waals surface area (Å²) in [6, 6.07) is 13.9. The Hall–Kier alpha value is -2.93. The molecule has 0 amide bonds. The fourth-order valence-electron chi connectivity index (χ4n) is 2.22. The second kappa shape index (κ2) is 7.76. The lowest BCUT2D eigenvalue weighted by Crippen LogP contribution is -2.05. The van der Waals surface area contributed by atoms with Crippen LogP contribution in [0.15, 0.2) is 59.2 Å². The first-order valence-corrected chi connectivity index (χ1v) is 7.56. The van der Waals surface area contributed by atoms with E-state index in [0.29, 0.717) is 17.1 Å². The van der Waals surface area contributed by atoms with Gasteiger partial charge in [0.25, 0.3) is 0 Å². The molecule has 3 rings (SSSR count). The minimum absolute atomic E-state index is 0.0553. The van der Waals surface area contributed by atoms with Crippen molar-refractivity contribution in [2.45, 2.75) is 19.8 Å². The molecule has 0 atom stereocenters. The van der Waals surface area contributed by atoms with E-state index in [9.17, 15) is 8.78 Å². The molecule has 0 saturated heterocycles. The molecule has 0 fully saturated rings. The largest absolute Gasteiger partial charge is 0.485 e. The lowest BCUT2D eigenvalue weighted by Gasteiger charge is -2.13. The number of hydrogen-bond donors (Lipinski definition) is 1. The van der Waals surface area contributed by atoms with Gasteiger partial charge >= 0.3 is 6.61 Å². The second-order valence-electron chi connectivity index (χ2n) is 5.16. The van der Waals surface area contributed by atoms with Crippen LogP contribution in [0.3, 0.4) is 0 Å². The van der Waals surface area contributed by atoms with Crippen molar-refractivity contribution >= 4 is 0 Å². The van der Waals surface area contributed by atoms with Crippen molar-refractivity contribution in [1.29, 1.82) is 0 Å². The normalized spacial score (nSPS) is 10.9. The molecule has 0 bridgehead atoms. The Bertz CT molecular complexity index is 822. The molecule has 0 spiro atoms. The molecule has 2 aromatic carbocycles. The molecule has 5 nitrogen and oxygen atoms in total. The van der Waals surface area contributed by atoms with Crippen LogP contribution in [-0.2, 0) is 13.2 Å². The van der Waals surface area contributed by atoms with Gasteiger partial charge in [-0.05, 0) is 23.8 Å². The van der Waals surface area contributed by atoms with E-state index >= 15 is 0 Å². The Labute approximate surface area is 143 Å². The lowest BCUT2D eigenvalue weighted by molar-refractivity contribution is -0.0515. The molecular formula is C18H16F2N2O3. The third-order valence-corrected chi connectivity index (χ3v) is 3.40. The summed E-state index contributed by atoms with van der Waals surface area (Å²) >= 11 is 0. The molecular weight excluding hydrogens is 330 g/mol. The molecule has 1 aromatic heterocycles. The van der Waals surface area contributed by atoms with Crippen molar-refractivity contribution in [1.82, 2.24) is 4.98 Å². The number of nitrogens with zero attached hydrogens (tertiary/aromatic N) is 1. The molecule has 0 aliphatic rings. The van der Waals surface area contributed by atoms with Gasteiger partial charge in [0.1, 0.15) is 12.9 Å². The number of alkyl halides is 2. The van der Waals surface area contributed by atoms with Crippen molar-refractivity contribution in [2.24, 2.45) is 5.73 Å². The van der Waals surface area contributed by atoms with E-state index in [2.05, 4.69) is 9.72 Å². The third kappa shape index (κ3) is 4.33. The molecule has 0 aliphatic heterocycles. The van der Waals surface area contributed by atoms with Gasteiger partial charge in [0, 0.05) is 12.1 Å². The summed E-state index contributed by atoms with van der Waals surface area (Å²) in [5.41, 5.74) is 7.58. The zero-order valence-electron chi connectivity index (χ0n) is 13.2. The van der Waals surface area contributed by atoms with Gasteiger partial charge < -0.3 is 19.6 Å². The maximum atomic E-state index is 12.6. The summed E-state index contributed by atoms with van der Waals surface area (Å²) in [6.07, 6.45) is 1.45. The highest BCUT2D eigenvalue weighted by Gasteiger charge is 2.15. The third-order valence-electron chi connectivity index (χ3n) is 3.40. The topological polar surface area (TPSA) is 70.5 Å². The molecule has 130 valence electrons. The minimum atomic E-state index is -2.95. The van der Waals surface area contributed by atoms with Gasteiger partial charge in [-0.25, -0.2) is 4.98 Å². The highest BCUT2D eigenvalue weighted by molar-refractivity contribution is 5.60. The van der Waals surface area contributed by atoms with Gasteiger partial charge in [0.05, 0.1) is 5.69 Å². The van der Waals surface area contributed by atoms with Crippen LogP contribution in [0.1, 0.15) is 11.3 Å². The van der Waals surface area contributed by atoms with Gasteiger partial charge in [-0.15, -0.1) is 0 Å². The van der Waals surface area contributed by atoms with Gasteiger partial charge in [-0.3, -0.25) is 0 Å². The Kier molecular flexibility index (Phi) is 5.25. The number of nitrogens with two attached hydrogens (primary N) is 1. The van der Waals surface area contributed by atoms with E-state index in [1.807, 2.05) is 30.3 Å². The predicted molar refractivity (Wildman–Crippen MR) is 87.2 cm³/mol.